The Morgan fingerprint density at radius 3 is 2.86 bits per heavy atom. The van der Waals surface area contributed by atoms with Crippen molar-refractivity contribution in [2.45, 2.75) is 38.3 Å². The van der Waals surface area contributed by atoms with E-state index < -0.39 is 0 Å². The van der Waals surface area contributed by atoms with Crippen molar-refractivity contribution in [1.29, 1.82) is 0 Å². The Bertz CT molecular complexity index is 554. The fraction of sp³-hybridized carbons (Fsp3) is 0.750. The molecule has 2 aliphatic rings. The van der Waals surface area contributed by atoms with Gasteiger partial charge in [0.15, 0.2) is 0 Å². The summed E-state index contributed by atoms with van der Waals surface area (Å²) in [4.78, 5) is 12.7. The van der Waals surface area contributed by atoms with Gasteiger partial charge in [0.2, 0.25) is 5.91 Å². The molecule has 2 fully saturated rings. The number of hydrogen-bond donors (Lipinski definition) is 2. The van der Waals surface area contributed by atoms with Crippen LogP contribution < -0.4 is 10.6 Å². The van der Waals surface area contributed by atoms with E-state index in [-0.39, 0.29) is 35.3 Å². The van der Waals surface area contributed by atoms with E-state index in [0.717, 1.165) is 25.1 Å². The first kappa shape index (κ1) is 15.5. The number of carbonyl (C=O) groups excluding carboxylic acids is 1. The van der Waals surface area contributed by atoms with Crippen LogP contribution in [0.1, 0.15) is 31.7 Å². The van der Waals surface area contributed by atoms with Crippen LogP contribution in [-0.2, 0) is 16.6 Å². The molecular formula is C16H26N4O2. The largest absolute Gasteiger partial charge is 0.381 e. The number of aromatic nitrogens is 2. The van der Waals surface area contributed by atoms with Crippen LogP contribution in [0.15, 0.2) is 12.4 Å². The van der Waals surface area contributed by atoms with Gasteiger partial charge >= 0.3 is 0 Å². The standard InChI is InChI=1S/C16H26N4O2/c1-16(2)13(5-14(16)22-4)19-15(21)12-8-17-7-11(12)10-6-18-20(3)9-10/h6,9,11-14,17H,5,7-8H2,1-4H3,(H,19,21)/t11-,12+,13?,14?/m1/s1. The lowest BCUT2D eigenvalue weighted by atomic mass is 9.64. The zero-order chi connectivity index (χ0) is 15.9. The molecule has 1 saturated carbocycles. The first-order valence-corrected chi connectivity index (χ1v) is 7.96. The molecule has 22 heavy (non-hydrogen) atoms. The van der Waals surface area contributed by atoms with E-state index >= 15 is 0 Å². The highest BCUT2D eigenvalue weighted by atomic mass is 16.5. The van der Waals surface area contributed by atoms with Gasteiger partial charge in [-0.25, -0.2) is 0 Å². The Hall–Kier alpha value is -1.40. The van der Waals surface area contributed by atoms with Crippen LogP contribution in [-0.4, -0.2) is 48.0 Å². The Morgan fingerprint density at radius 2 is 2.27 bits per heavy atom. The van der Waals surface area contributed by atoms with E-state index in [0.29, 0.717) is 0 Å². The molecule has 6 heteroatoms. The van der Waals surface area contributed by atoms with E-state index in [4.69, 9.17) is 4.74 Å². The molecule has 2 unspecified atom stereocenters. The van der Waals surface area contributed by atoms with E-state index in [1.54, 1.807) is 11.8 Å². The van der Waals surface area contributed by atoms with Crippen molar-refractivity contribution < 1.29 is 9.53 Å². The number of methoxy groups -OCH3 is 1. The van der Waals surface area contributed by atoms with Gasteiger partial charge in [-0.1, -0.05) is 13.8 Å². The lowest BCUT2D eigenvalue weighted by Gasteiger charge is -2.51. The van der Waals surface area contributed by atoms with Crippen molar-refractivity contribution in [2.75, 3.05) is 20.2 Å². The number of nitrogens with one attached hydrogen (secondary N) is 2. The van der Waals surface area contributed by atoms with Crippen molar-refractivity contribution in [2.24, 2.45) is 18.4 Å². The maximum absolute atomic E-state index is 12.7. The third-order valence-electron chi connectivity index (χ3n) is 5.48. The normalized spacial score (nSPS) is 33.5. The van der Waals surface area contributed by atoms with Crippen LogP contribution in [0.5, 0.6) is 0 Å². The third kappa shape index (κ3) is 2.54. The quantitative estimate of drug-likeness (QED) is 0.857. The number of amides is 1. The Labute approximate surface area is 131 Å². The summed E-state index contributed by atoms with van der Waals surface area (Å²) < 4.78 is 7.25. The van der Waals surface area contributed by atoms with Crippen LogP contribution in [0.25, 0.3) is 0 Å². The van der Waals surface area contributed by atoms with Gasteiger partial charge in [-0.2, -0.15) is 5.10 Å². The van der Waals surface area contributed by atoms with Gasteiger partial charge in [0.1, 0.15) is 0 Å². The lowest BCUT2D eigenvalue weighted by Crippen LogP contribution is -2.62. The van der Waals surface area contributed by atoms with E-state index in [9.17, 15) is 4.79 Å². The molecule has 1 saturated heterocycles. The number of nitrogens with zero attached hydrogens (tertiary/aromatic N) is 2. The van der Waals surface area contributed by atoms with Crippen molar-refractivity contribution in [3.63, 3.8) is 0 Å². The summed E-state index contributed by atoms with van der Waals surface area (Å²) in [6.07, 6.45) is 5.00. The zero-order valence-corrected chi connectivity index (χ0v) is 13.8. The molecule has 1 aromatic rings. The highest BCUT2D eigenvalue weighted by molar-refractivity contribution is 5.81. The molecule has 1 aliphatic heterocycles. The molecule has 0 spiro atoms. The van der Waals surface area contributed by atoms with Gasteiger partial charge < -0.3 is 15.4 Å². The number of carbonyl (C=O) groups is 1. The van der Waals surface area contributed by atoms with Crippen LogP contribution in [0.3, 0.4) is 0 Å². The molecule has 0 bridgehead atoms. The molecule has 0 radical (unpaired) electrons. The summed E-state index contributed by atoms with van der Waals surface area (Å²) in [6.45, 7) is 5.87. The fourth-order valence-corrected chi connectivity index (χ4v) is 3.75. The first-order valence-electron chi connectivity index (χ1n) is 7.96. The fourth-order valence-electron chi connectivity index (χ4n) is 3.75. The van der Waals surface area contributed by atoms with Gasteiger partial charge in [0.05, 0.1) is 18.2 Å². The lowest BCUT2D eigenvalue weighted by molar-refractivity contribution is -0.136. The molecule has 1 aromatic heterocycles. The summed E-state index contributed by atoms with van der Waals surface area (Å²) >= 11 is 0. The maximum Gasteiger partial charge on any atom is 0.225 e. The zero-order valence-electron chi connectivity index (χ0n) is 13.8. The molecule has 1 amide bonds. The highest BCUT2D eigenvalue weighted by Crippen LogP contribution is 2.42. The van der Waals surface area contributed by atoms with Gasteiger partial charge in [-0.15, -0.1) is 0 Å². The van der Waals surface area contributed by atoms with Crippen LogP contribution in [0.2, 0.25) is 0 Å². The highest BCUT2D eigenvalue weighted by Gasteiger charge is 2.50. The van der Waals surface area contributed by atoms with E-state index in [1.807, 2.05) is 19.4 Å². The summed E-state index contributed by atoms with van der Waals surface area (Å²) in [5.74, 6) is 0.322. The number of hydrogen-bond acceptors (Lipinski definition) is 4. The molecule has 1 aliphatic carbocycles. The predicted molar refractivity (Wildman–Crippen MR) is 83.4 cm³/mol. The molecule has 6 nitrogen and oxygen atoms in total. The third-order valence-corrected chi connectivity index (χ3v) is 5.48. The van der Waals surface area contributed by atoms with Gasteiger partial charge in [0, 0.05) is 50.8 Å². The van der Waals surface area contributed by atoms with E-state index in [2.05, 4.69) is 29.6 Å². The minimum absolute atomic E-state index is 0.000240. The average Bonchev–Trinajstić information content (AvgIpc) is 3.10. The Morgan fingerprint density at radius 1 is 1.50 bits per heavy atom. The minimum atomic E-state index is -0.0263. The second-order valence-corrected chi connectivity index (χ2v) is 7.16. The number of rotatable bonds is 4. The summed E-state index contributed by atoms with van der Waals surface area (Å²) in [6, 6.07) is 0.195. The molecule has 2 heterocycles. The second kappa shape index (κ2) is 5.66. The van der Waals surface area contributed by atoms with Gasteiger partial charge in [-0.3, -0.25) is 9.48 Å². The van der Waals surface area contributed by atoms with Crippen LogP contribution >= 0.6 is 0 Å². The van der Waals surface area contributed by atoms with Crippen LogP contribution in [0.4, 0.5) is 0 Å². The topological polar surface area (TPSA) is 68.2 Å². The molecule has 0 aromatic carbocycles. The molecular weight excluding hydrogens is 280 g/mol. The number of ether oxygens (including phenoxy) is 1. The minimum Gasteiger partial charge on any atom is -0.381 e. The van der Waals surface area contributed by atoms with Gasteiger partial charge in [-0.05, 0) is 12.0 Å². The Balaban J connectivity index is 1.65. The van der Waals surface area contributed by atoms with Crippen LogP contribution in [0, 0.1) is 11.3 Å². The summed E-state index contributed by atoms with van der Waals surface area (Å²) in [5, 5.41) is 10.8. The van der Waals surface area contributed by atoms with Crippen molar-refractivity contribution in [1.82, 2.24) is 20.4 Å². The molecule has 4 atom stereocenters. The average molecular weight is 306 g/mol. The predicted octanol–water partition coefficient (Wildman–Crippen LogP) is 0.653. The number of aryl methyl sites for hydroxylation is 1. The molecule has 2 N–H and O–H groups in total. The van der Waals surface area contributed by atoms with Crippen molar-refractivity contribution in [3.05, 3.63) is 18.0 Å². The van der Waals surface area contributed by atoms with E-state index in [1.165, 1.54) is 0 Å². The monoisotopic (exact) mass is 306 g/mol. The first-order chi connectivity index (χ1) is 10.4. The summed E-state index contributed by atoms with van der Waals surface area (Å²) in [7, 11) is 3.65. The smallest absolute Gasteiger partial charge is 0.225 e. The SMILES string of the molecule is COC1CC(NC(=O)[C@H]2CNC[C@@H]2c2cnn(C)c2)C1(C)C. The molecule has 122 valence electrons. The maximum atomic E-state index is 12.7. The van der Waals surface area contributed by atoms with Gasteiger partial charge in [0.25, 0.3) is 0 Å². The molecule has 3 rings (SSSR count). The van der Waals surface area contributed by atoms with Crippen molar-refractivity contribution in [3.8, 4) is 0 Å². The van der Waals surface area contributed by atoms with Crippen molar-refractivity contribution >= 4 is 5.91 Å². The summed E-state index contributed by atoms with van der Waals surface area (Å²) in [5.41, 5.74) is 1.13. The second-order valence-electron chi connectivity index (χ2n) is 7.16. The Kier molecular flexibility index (Phi) is 3.99.